The van der Waals surface area contributed by atoms with E-state index in [2.05, 4.69) is 0 Å². The molecule has 0 radical (unpaired) electrons. The predicted octanol–water partition coefficient (Wildman–Crippen LogP) is 6.06. The number of hydrogen-bond acceptors (Lipinski definition) is 11. The number of carboxylic acid groups (broad SMARTS) is 2. The third kappa shape index (κ3) is 8.25. The molecule has 0 saturated carbocycles. The Labute approximate surface area is 253 Å². The summed E-state index contributed by atoms with van der Waals surface area (Å²) in [6.45, 7) is -0.702. The van der Waals surface area contributed by atoms with Crippen molar-refractivity contribution in [2.75, 3.05) is 14.2 Å². The minimum absolute atomic E-state index is 0.128. The van der Waals surface area contributed by atoms with Crippen LogP contribution in [0.3, 0.4) is 0 Å². The number of aliphatic carboxylic acids is 2. The van der Waals surface area contributed by atoms with Crippen molar-refractivity contribution in [2.45, 2.75) is 38.9 Å². The molecular weight excluding hydrogens is 623 g/mol. The quantitative estimate of drug-likeness (QED) is 0.0942. The van der Waals surface area contributed by atoms with E-state index < -0.39 is 19.8 Å². The first kappa shape index (κ1) is 32.3. The number of hydrogen-bond donors (Lipinski definition) is 3. The monoisotopic (exact) mass is 650 g/mol. The Morgan fingerprint density at radius 3 is 1.42 bits per heavy atom. The number of rotatable bonds is 16. The van der Waals surface area contributed by atoms with Gasteiger partial charge in [-0.2, -0.15) is 0 Å². The fourth-order valence-electron chi connectivity index (χ4n) is 4.12. The Morgan fingerprint density at radius 2 is 1.07 bits per heavy atom. The summed E-state index contributed by atoms with van der Waals surface area (Å²) in [6, 6.07) is 9.92. The van der Waals surface area contributed by atoms with Crippen LogP contribution in [0.15, 0.2) is 36.4 Å². The fraction of sp³-hybridized carbons (Fsp3) is 0.286. The molecule has 3 N–H and O–H groups in total. The van der Waals surface area contributed by atoms with E-state index in [-0.39, 0.29) is 50.5 Å². The molecule has 0 unspecified atom stereocenters. The SMILES string of the molecule is COc1cc2cc(C(=O)CCC(=O)O)sc2cc1COP(=O)(O)OCc1cc2sc(C(=O)CCC(=O)O)cc2cc1OC. The molecule has 0 saturated heterocycles. The molecule has 0 bridgehead atoms. The number of benzene rings is 2. The number of phosphoric ester groups is 1. The van der Waals surface area contributed by atoms with E-state index >= 15 is 0 Å². The van der Waals surface area contributed by atoms with Gasteiger partial charge in [0.2, 0.25) is 0 Å². The number of fused-ring (bicyclic) bond motifs is 2. The van der Waals surface area contributed by atoms with Gasteiger partial charge in [-0.25, -0.2) is 4.57 Å². The lowest BCUT2D eigenvalue weighted by atomic mass is 10.1. The summed E-state index contributed by atoms with van der Waals surface area (Å²) in [5.41, 5.74) is 0.855. The molecule has 4 rings (SSSR count). The van der Waals surface area contributed by atoms with Gasteiger partial charge in [0.15, 0.2) is 11.6 Å². The summed E-state index contributed by atoms with van der Waals surface area (Å²) >= 11 is 2.33. The lowest BCUT2D eigenvalue weighted by Crippen LogP contribution is -2.01. The fourth-order valence-corrected chi connectivity index (χ4v) is 6.95. The van der Waals surface area contributed by atoms with Crippen LogP contribution in [0.4, 0.5) is 0 Å². The summed E-state index contributed by atoms with van der Waals surface area (Å²) in [6.07, 6.45) is -0.805. The number of ether oxygens (including phenoxy) is 2. The van der Waals surface area contributed by atoms with Gasteiger partial charge in [-0.15, -0.1) is 22.7 Å². The zero-order valence-corrected chi connectivity index (χ0v) is 25.5. The second kappa shape index (κ2) is 13.8. The van der Waals surface area contributed by atoms with Crippen molar-refractivity contribution in [3.8, 4) is 11.5 Å². The van der Waals surface area contributed by atoms with Gasteiger partial charge < -0.3 is 24.6 Å². The van der Waals surface area contributed by atoms with Crippen LogP contribution in [0.1, 0.15) is 56.2 Å². The molecule has 4 aromatic rings. The third-order valence-electron chi connectivity index (χ3n) is 6.29. The molecule has 0 aliphatic heterocycles. The van der Waals surface area contributed by atoms with Crippen LogP contribution in [0, 0.1) is 0 Å². The van der Waals surface area contributed by atoms with Crippen molar-refractivity contribution in [3.63, 3.8) is 0 Å². The average Bonchev–Trinajstić information content (AvgIpc) is 3.58. The lowest BCUT2D eigenvalue weighted by molar-refractivity contribution is -0.137. The van der Waals surface area contributed by atoms with Gasteiger partial charge in [0, 0.05) is 33.4 Å². The third-order valence-corrected chi connectivity index (χ3v) is 9.48. The number of thiophene rings is 2. The molecule has 0 aliphatic carbocycles. The topological polar surface area (TPSA) is 183 Å². The van der Waals surface area contributed by atoms with E-state index in [0.29, 0.717) is 52.6 Å². The summed E-state index contributed by atoms with van der Waals surface area (Å²) in [7, 11) is -1.75. The molecule has 228 valence electrons. The van der Waals surface area contributed by atoms with Crippen LogP contribution in [0.5, 0.6) is 11.5 Å². The van der Waals surface area contributed by atoms with E-state index in [4.69, 9.17) is 28.7 Å². The largest absolute Gasteiger partial charge is 0.496 e. The van der Waals surface area contributed by atoms with E-state index in [1.165, 1.54) is 36.9 Å². The van der Waals surface area contributed by atoms with E-state index in [0.717, 1.165) is 0 Å². The second-order valence-corrected chi connectivity index (χ2v) is 12.9. The number of phosphoric acid groups is 1. The summed E-state index contributed by atoms with van der Waals surface area (Å²) in [5, 5.41) is 19.0. The molecule has 15 heteroatoms. The van der Waals surface area contributed by atoms with Crippen molar-refractivity contribution < 1.29 is 57.4 Å². The highest BCUT2D eigenvalue weighted by atomic mass is 32.1. The maximum Gasteiger partial charge on any atom is 0.472 e. The minimum atomic E-state index is -4.59. The standard InChI is InChI=1S/C28H27O12PS2/c1-37-21-7-15-9-25(19(29)3-5-27(31)32)42-23(15)11-17(21)13-39-41(35,36)40-14-18-12-24-16(8-22(18)38-2)10-26(43-24)20(30)4-6-28(33)34/h7-12H,3-6,13-14H2,1-2H3,(H,31,32)(H,33,34)(H,35,36). The van der Waals surface area contributed by atoms with E-state index in [1.807, 2.05) is 0 Å². The number of carboxylic acids is 2. The molecule has 0 atom stereocenters. The van der Waals surface area contributed by atoms with Crippen molar-refractivity contribution >= 4 is 74.2 Å². The van der Waals surface area contributed by atoms with Gasteiger partial charge in [0.05, 0.1) is 50.0 Å². The summed E-state index contributed by atoms with van der Waals surface area (Å²) in [5.74, 6) is -2.02. The van der Waals surface area contributed by atoms with Gasteiger partial charge in [0.1, 0.15) is 11.5 Å². The first-order valence-electron chi connectivity index (χ1n) is 12.7. The van der Waals surface area contributed by atoms with Crippen LogP contribution in [0.2, 0.25) is 0 Å². The van der Waals surface area contributed by atoms with Crippen molar-refractivity contribution in [2.24, 2.45) is 0 Å². The molecule has 2 heterocycles. The number of methoxy groups -OCH3 is 2. The lowest BCUT2D eigenvalue weighted by Gasteiger charge is -2.15. The van der Waals surface area contributed by atoms with Crippen LogP contribution in [-0.4, -0.2) is 52.8 Å². The first-order chi connectivity index (χ1) is 20.4. The number of carbonyl (C=O) groups excluding carboxylic acids is 2. The van der Waals surface area contributed by atoms with Gasteiger partial charge in [0.25, 0.3) is 0 Å². The van der Waals surface area contributed by atoms with Gasteiger partial charge in [-0.3, -0.25) is 28.2 Å². The molecule has 43 heavy (non-hydrogen) atoms. The Hall–Kier alpha value is -3.65. The minimum Gasteiger partial charge on any atom is -0.496 e. The summed E-state index contributed by atoms with van der Waals surface area (Å²) in [4.78, 5) is 57.5. The highest BCUT2D eigenvalue weighted by molar-refractivity contribution is 7.47. The first-order valence-corrected chi connectivity index (χ1v) is 15.8. The molecule has 0 spiro atoms. The predicted molar refractivity (Wildman–Crippen MR) is 159 cm³/mol. The highest BCUT2D eigenvalue weighted by Crippen LogP contribution is 2.47. The highest BCUT2D eigenvalue weighted by Gasteiger charge is 2.24. The van der Waals surface area contributed by atoms with Crippen LogP contribution >= 0.6 is 30.5 Å². The van der Waals surface area contributed by atoms with Gasteiger partial charge in [-0.1, -0.05) is 0 Å². The zero-order valence-electron chi connectivity index (χ0n) is 23.0. The number of Topliss-reactive ketones (excluding diaryl/α,β-unsaturated/α-hetero) is 2. The Bertz CT molecular complexity index is 1630. The van der Waals surface area contributed by atoms with Gasteiger partial charge >= 0.3 is 19.8 Å². The van der Waals surface area contributed by atoms with Crippen molar-refractivity contribution in [3.05, 3.63) is 57.3 Å². The van der Waals surface area contributed by atoms with Crippen LogP contribution in [0.25, 0.3) is 20.2 Å². The molecular formula is C28H27O12PS2. The molecule has 2 aromatic carbocycles. The number of ketones is 2. The van der Waals surface area contributed by atoms with E-state index in [9.17, 15) is 28.6 Å². The Morgan fingerprint density at radius 1 is 0.674 bits per heavy atom. The van der Waals surface area contributed by atoms with Gasteiger partial charge in [-0.05, 0) is 47.2 Å². The summed E-state index contributed by atoms with van der Waals surface area (Å²) < 4.78 is 35.4. The molecule has 0 amide bonds. The number of carbonyl (C=O) groups is 4. The van der Waals surface area contributed by atoms with Crippen molar-refractivity contribution in [1.82, 2.24) is 0 Å². The average molecular weight is 651 g/mol. The maximum atomic E-state index is 12.8. The molecule has 0 fully saturated rings. The normalized spacial score (nSPS) is 11.6. The Kier molecular flexibility index (Phi) is 10.3. The Balaban J connectivity index is 1.45. The smallest absolute Gasteiger partial charge is 0.472 e. The zero-order chi connectivity index (χ0) is 31.3. The maximum absolute atomic E-state index is 12.8. The van der Waals surface area contributed by atoms with E-state index in [1.54, 1.807) is 36.4 Å². The van der Waals surface area contributed by atoms with Crippen LogP contribution < -0.4 is 9.47 Å². The van der Waals surface area contributed by atoms with Crippen LogP contribution in [-0.2, 0) is 36.4 Å². The molecule has 12 nitrogen and oxygen atoms in total. The molecule has 0 aliphatic rings. The second-order valence-electron chi connectivity index (χ2n) is 9.27. The van der Waals surface area contributed by atoms with Crippen molar-refractivity contribution in [1.29, 1.82) is 0 Å². The molecule has 2 aromatic heterocycles.